The van der Waals surface area contributed by atoms with Crippen molar-refractivity contribution in [3.63, 3.8) is 0 Å². The van der Waals surface area contributed by atoms with Crippen LogP contribution in [0.3, 0.4) is 0 Å². The Morgan fingerprint density at radius 2 is 2.17 bits per heavy atom. The summed E-state index contributed by atoms with van der Waals surface area (Å²) in [5.41, 5.74) is 0. The second kappa shape index (κ2) is 6.31. The third-order valence-electron chi connectivity index (χ3n) is 3.35. The first-order valence-corrected chi connectivity index (χ1v) is 6.51. The van der Waals surface area contributed by atoms with E-state index >= 15 is 0 Å². The Morgan fingerprint density at radius 1 is 1.39 bits per heavy atom. The van der Waals surface area contributed by atoms with E-state index in [4.69, 9.17) is 5.26 Å². The molecule has 1 aromatic heterocycles. The van der Waals surface area contributed by atoms with Crippen molar-refractivity contribution < 1.29 is 0 Å². The van der Waals surface area contributed by atoms with E-state index in [-0.39, 0.29) is 6.04 Å². The van der Waals surface area contributed by atoms with Gasteiger partial charge in [-0.25, -0.2) is 0 Å². The van der Waals surface area contributed by atoms with Crippen LogP contribution in [0.25, 0.3) is 0 Å². The molecule has 2 heterocycles. The fraction of sp³-hybridized carbons (Fsp3) is 0.615. The maximum absolute atomic E-state index is 9.16. The molecule has 1 aliphatic rings. The molecule has 1 fully saturated rings. The van der Waals surface area contributed by atoms with Crippen molar-refractivity contribution in [1.29, 1.82) is 5.26 Å². The molecule has 5 nitrogen and oxygen atoms in total. The molecule has 0 aliphatic carbocycles. The van der Waals surface area contributed by atoms with Crippen molar-refractivity contribution in [1.82, 2.24) is 15.1 Å². The van der Waals surface area contributed by atoms with Crippen molar-refractivity contribution in [2.24, 2.45) is 0 Å². The molecular weight excluding hydrogens is 226 g/mol. The zero-order valence-electron chi connectivity index (χ0n) is 10.8. The van der Waals surface area contributed by atoms with E-state index in [1.54, 1.807) is 6.20 Å². The highest BCUT2D eigenvalue weighted by Gasteiger charge is 2.23. The zero-order valence-corrected chi connectivity index (χ0v) is 10.8. The van der Waals surface area contributed by atoms with Gasteiger partial charge < -0.3 is 4.90 Å². The van der Waals surface area contributed by atoms with Crippen LogP contribution in [0.4, 0.5) is 5.82 Å². The van der Waals surface area contributed by atoms with Crippen LogP contribution in [0.15, 0.2) is 18.3 Å². The fourth-order valence-electron chi connectivity index (χ4n) is 2.33. The van der Waals surface area contributed by atoms with Gasteiger partial charge in [-0.1, -0.05) is 13.3 Å². The standard InChI is InChI=1S/C13H19N5/c1-2-4-12(11-14)17-7-9-18(10-8-17)13-5-3-6-15-16-13/h3,5-6,12H,2,4,7-10H2,1H3. The molecule has 96 valence electrons. The lowest BCUT2D eigenvalue weighted by Gasteiger charge is -2.37. The van der Waals surface area contributed by atoms with Crippen molar-refractivity contribution in [3.05, 3.63) is 18.3 Å². The highest BCUT2D eigenvalue weighted by molar-refractivity contribution is 5.36. The molecule has 0 saturated carbocycles. The number of nitriles is 1. The minimum Gasteiger partial charge on any atom is -0.353 e. The maximum atomic E-state index is 9.16. The predicted molar refractivity (Wildman–Crippen MR) is 70.1 cm³/mol. The van der Waals surface area contributed by atoms with Gasteiger partial charge in [-0.15, -0.1) is 5.10 Å². The van der Waals surface area contributed by atoms with Crippen molar-refractivity contribution in [2.75, 3.05) is 31.1 Å². The summed E-state index contributed by atoms with van der Waals surface area (Å²) in [4.78, 5) is 4.50. The largest absolute Gasteiger partial charge is 0.353 e. The van der Waals surface area contributed by atoms with Crippen molar-refractivity contribution in [2.45, 2.75) is 25.8 Å². The third kappa shape index (κ3) is 2.96. The summed E-state index contributed by atoms with van der Waals surface area (Å²) in [6.07, 6.45) is 3.71. The second-order valence-electron chi connectivity index (χ2n) is 4.54. The van der Waals surface area contributed by atoms with Crippen molar-refractivity contribution in [3.8, 4) is 6.07 Å². The normalized spacial score (nSPS) is 18.3. The Balaban J connectivity index is 1.90. The minimum atomic E-state index is 0.0685. The van der Waals surface area contributed by atoms with Crippen LogP contribution in [0.1, 0.15) is 19.8 Å². The summed E-state index contributed by atoms with van der Waals surface area (Å²) in [5.74, 6) is 0.932. The van der Waals surface area contributed by atoms with E-state index in [0.717, 1.165) is 44.8 Å². The molecule has 1 unspecified atom stereocenters. The van der Waals surface area contributed by atoms with Crippen molar-refractivity contribution >= 4 is 5.82 Å². The first-order chi connectivity index (χ1) is 8.85. The topological polar surface area (TPSA) is 56.1 Å². The number of aromatic nitrogens is 2. The Morgan fingerprint density at radius 3 is 2.72 bits per heavy atom. The highest BCUT2D eigenvalue weighted by Crippen LogP contribution is 2.15. The van der Waals surface area contributed by atoms with Crippen LogP contribution in [0, 0.1) is 11.3 Å². The molecule has 0 radical (unpaired) electrons. The molecule has 1 aliphatic heterocycles. The molecule has 0 bridgehead atoms. The highest BCUT2D eigenvalue weighted by atomic mass is 15.3. The number of hydrogen-bond acceptors (Lipinski definition) is 5. The lowest BCUT2D eigenvalue weighted by molar-refractivity contribution is 0.211. The molecular formula is C13H19N5. The average Bonchev–Trinajstić information content (AvgIpc) is 2.46. The summed E-state index contributed by atoms with van der Waals surface area (Å²) in [7, 11) is 0. The smallest absolute Gasteiger partial charge is 0.151 e. The molecule has 0 amide bonds. The van der Waals surface area contributed by atoms with Crippen LogP contribution in [-0.4, -0.2) is 47.3 Å². The summed E-state index contributed by atoms with van der Waals surface area (Å²) in [6.45, 7) is 5.81. The molecule has 5 heteroatoms. The Kier molecular flexibility index (Phi) is 4.48. The van der Waals surface area contributed by atoms with E-state index in [9.17, 15) is 0 Å². The van der Waals surface area contributed by atoms with E-state index < -0.39 is 0 Å². The number of piperazine rings is 1. The van der Waals surface area contributed by atoms with E-state index in [1.165, 1.54) is 0 Å². The zero-order chi connectivity index (χ0) is 12.8. The van der Waals surface area contributed by atoms with Gasteiger partial charge in [0.25, 0.3) is 0 Å². The predicted octanol–water partition coefficient (Wildman–Crippen LogP) is 1.29. The van der Waals surface area contributed by atoms with Crippen LogP contribution >= 0.6 is 0 Å². The van der Waals surface area contributed by atoms with Gasteiger partial charge in [0.15, 0.2) is 5.82 Å². The van der Waals surface area contributed by atoms with E-state index in [0.29, 0.717) is 0 Å². The van der Waals surface area contributed by atoms with Gasteiger partial charge in [-0.2, -0.15) is 10.4 Å². The summed E-state index contributed by atoms with van der Waals surface area (Å²) in [6, 6.07) is 6.36. The summed E-state index contributed by atoms with van der Waals surface area (Å²) in [5, 5.41) is 17.2. The number of anilines is 1. The van der Waals surface area contributed by atoms with Gasteiger partial charge in [0.2, 0.25) is 0 Å². The van der Waals surface area contributed by atoms with Crippen LogP contribution < -0.4 is 4.90 Å². The van der Waals surface area contributed by atoms with Gasteiger partial charge >= 0.3 is 0 Å². The molecule has 1 aromatic rings. The summed E-state index contributed by atoms with van der Waals surface area (Å²) < 4.78 is 0. The molecule has 1 saturated heterocycles. The molecule has 0 N–H and O–H groups in total. The van der Waals surface area contributed by atoms with Gasteiger partial charge in [-0.05, 0) is 18.6 Å². The van der Waals surface area contributed by atoms with Crippen LogP contribution in [-0.2, 0) is 0 Å². The van der Waals surface area contributed by atoms with Gasteiger partial charge in [0.1, 0.15) is 0 Å². The first-order valence-electron chi connectivity index (χ1n) is 6.51. The van der Waals surface area contributed by atoms with Gasteiger partial charge in [-0.3, -0.25) is 4.90 Å². The monoisotopic (exact) mass is 245 g/mol. The molecule has 18 heavy (non-hydrogen) atoms. The van der Waals surface area contributed by atoms with E-state index in [2.05, 4.69) is 33.0 Å². The second-order valence-corrected chi connectivity index (χ2v) is 4.54. The Bertz CT molecular complexity index is 392. The third-order valence-corrected chi connectivity index (χ3v) is 3.35. The Hall–Kier alpha value is -1.67. The fourth-order valence-corrected chi connectivity index (χ4v) is 2.33. The molecule has 0 spiro atoms. The minimum absolute atomic E-state index is 0.0685. The average molecular weight is 245 g/mol. The van der Waals surface area contributed by atoms with Crippen LogP contribution in [0.5, 0.6) is 0 Å². The summed E-state index contributed by atoms with van der Waals surface area (Å²) >= 11 is 0. The lowest BCUT2D eigenvalue weighted by Crippen LogP contribution is -2.50. The number of nitrogens with zero attached hydrogens (tertiary/aromatic N) is 5. The van der Waals surface area contributed by atoms with Crippen LogP contribution in [0.2, 0.25) is 0 Å². The van der Waals surface area contributed by atoms with Gasteiger partial charge in [0, 0.05) is 32.4 Å². The Labute approximate surface area is 108 Å². The quantitative estimate of drug-likeness (QED) is 0.800. The lowest BCUT2D eigenvalue weighted by atomic mass is 10.1. The molecule has 2 rings (SSSR count). The number of rotatable bonds is 4. The van der Waals surface area contributed by atoms with Gasteiger partial charge in [0.05, 0.1) is 12.1 Å². The molecule has 1 atom stereocenters. The molecule has 0 aromatic carbocycles. The first kappa shape index (κ1) is 12.8. The maximum Gasteiger partial charge on any atom is 0.151 e. The SMILES string of the molecule is CCCC(C#N)N1CCN(c2cccnn2)CC1. The number of hydrogen-bond donors (Lipinski definition) is 0. The van der Waals surface area contributed by atoms with E-state index in [1.807, 2.05) is 12.1 Å².